The van der Waals surface area contributed by atoms with Crippen LogP contribution in [0.15, 0.2) is 18.3 Å². The fourth-order valence-electron chi connectivity index (χ4n) is 0.671. The number of thiocarbonyl (C=S) groups is 1. The number of aryl methyl sites for hydroxylation is 1. The topological polar surface area (TPSA) is 38.9 Å². The maximum Gasteiger partial charge on any atom is 0.122 e. The fraction of sp³-hybridized carbons (Fsp3) is 0.143. The van der Waals surface area contributed by atoms with Gasteiger partial charge in [-0.15, -0.1) is 0 Å². The Bertz CT molecular complexity index is 258. The summed E-state index contributed by atoms with van der Waals surface area (Å²) in [6.07, 6.45) is 1.70. The lowest BCUT2D eigenvalue weighted by Gasteiger charge is -1.96. The third-order valence-corrected chi connectivity index (χ3v) is 1.38. The van der Waals surface area contributed by atoms with E-state index in [-0.39, 0.29) is 0 Å². The van der Waals surface area contributed by atoms with Gasteiger partial charge in [-0.05, 0) is 24.6 Å². The minimum atomic E-state index is 0.351. The molecule has 0 aliphatic carbocycles. The molecule has 2 nitrogen and oxygen atoms in total. The van der Waals surface area contributed by atoms with Crippen LogP contribution in [0, 0.1) is 6.92 Å². The minimum absolute atomic E-state index is 0.351. The molecule has 0 spiro atoms. The van der Waals surface area contributed by atoms with Gasteiger partial charge in [-0.1, -0.05) is 12.2 Å². The van der Waals surface area contributed by atoms with Crippen molar-refractivity contribution in [1.29, 1.82) is 0 Å². The third-order valence-electron chi connectivity index (χ3n) is 1.17. The van der Waals surface area contributed by atoms with Gasteiger partial charge in [-0.25, -0.2) is 0 Å². The van der Waals surface area contributed by atoms with Crippen molar-refractivity contribution in [3.63, 3.8) is 0 Å². The molecular formula is C7H8N2S. The first-order chi connectivity index (χ1) is 4.70. The maximum absolute atomic E-state index is 5.35. The van der Waals surface area contributed by atoms with E-state index in [4.69, 9.17) is 18.0 Å². The predicted octanol–water partition coefficient (Wildman–Crippen LogP) is 1.02. The van der Waals surface area contributed by atoms with Gasteiger partial charge in [0.15, 0.2) is 0 Å². The second kappa shape index (κ2) is 2.75. The van der Waals surface area contributed by atoms with Gasteiger partial charge >= 0.3 is 0 Å². The molecule has 0 aliphatic rings. The van der Waals surface area contributed by atoms with E-state index in [1.807, 2.05) is 19.1 Å². The van der Waals surface area contributed by atoms with E-state index in [1.165, 1.54) is 0 Å². The van der Waals surface area contributed by atoms with Crippen molar-refractivity contribution in [2.24, 2.45) is 5.73 Å². The summed E-state index contributed by atoms with van der Waals surface area (Å²) in [5.74, 6) is 0. The minimum Gasteiger partial charge on any atom is -0.388 e. The lowest BCUT2D eigenvalue weighted by atomic mass is 10.2. The molecule has 0 fully saturated rings. The molecule has 1 aromatic rings. The molecule has 0 unspecified atom stereocenters. The Balaban J connectivity index is 3.07. The Kier molecular flexibility index (Phi) is 1.97. The molecule has 1 rings (SSSR count). The van der Waals surface area contributed by atoms with E-state index in [1.54, 1.807) is 6.20 Å². The van der Waals surface area contributed by atoms with Crippen molar-refractivity contribution in [1.82, 2.24) is 4.98 Å². The normalized spacial score (nSPS) is 9.30. The lowest BCUT2D eigenvalue weighted by Crippen LogP contribution is -2.11. The van der Waals surface area contributed by atoms with Crippen LogP contribution in [0.3, 0.4) is 0 Å². The summed E-state index contributed by atoms with van der Waals surface area (Å²) in [5.41, 5.74) is 7.16. The van der Waals surface area contributed by atoms with E-state index >= 15 is 0 Å². The molecule has 2 N–H and O–H groups in total. The average Bonchev–Trinajstić information content (AvgIpc) is 1.88. The molecule has 0 atom stereocenters. The van der Waals surface area contributed by atoms with E-state index in [2.05, 4.69) is 4.98 Å². The molecule has 0 amide bonds. The van der Waals surface area contributed by atoms with Crippen LogP contribution in [-0.4, -0.2) is 9.97 Å². The standard InChI is InChI=1S/C7H8N2S/c1-5-2-3-9-6(4-5)7(8)10/h2-4H,1H3,(H2,8,10). The van der Waals surface area contributed by atoms with E-state index in [0.717, 1.165) is 5.56 Å². The first-order valence-corrected chi connectivity index (χ1v) is 3.33. The van der Waals surface area contributed by atoms with Crippen LogP contribution in [0.5, 0.6) is 0 Å². The van der Waals surface area contributed by atoms with Gasteiger partial charge in [0.2, 0.25) is 0 Å². The molecular weight excluding hydrogens is 144 g/mol. The zero-order valence-corrected chi connectivity index (χ0v) is 6.48. The monoisotopic (exact) mass is 152 g/mol. The molecule has 1 heterocycles. The highest BCUT2D eigenvalue weighted by atomic mass is 32.1. The number of hydrogen-bond donors (Lipinski definition) is 1. The number of hydrogen-bond acceptors (Lipinski definition) is 2. The smallest absolute Gasteiger partial charge is 0.122 e. The van der Waals surface area contributed by atoms with Crippen molar-refractivity contribution >= 4 is 17.2 Å². The van der Waals surface area contributed by atoms with Crippen molar-refractivity contribution in [3.8, 4) is 0 Å². The van der Waals surface area contributed by atoms with Gasteiger partial charge < -0.3 is 5.73 Å². The molecule has 0 aliphatic heterocycles. The second-order valence-corrected chi connectivity index (χ2v) is 2.52. The molecule has 0 saturated heterocycles. The van der Waals surface area contributed by atoms with Gasteiger partial charge in [0.25, 0.3) is 0 Å². The van der Waals surface area contributed by atoms with Crippen molar-refractivity contribution in [2.45, 2.75) is 6.92 Å². The highest BCUT2D eigenvalue weighted by molar-refractivity contribution is 7.80. The van der Waals surface area contributed by atoms with Crippen molar-refractivity contribution in [3.05, 3.63) is 29.6 Å². The number of pyridine rings is 1. The molecule has 3 heteroatoms. The summed E-state index contributed by atoms with van der Waals surface area (Å²) < 4.78 is 0. The number of rotatable bonds is 1. The summed E-state index contributed by atoms with van der Waals surface area (Å²) in [5, 5.41) is 0. The lowest BCUT2D eigenvalue weighted by molar-refractivity contribution is 1.26. The van der Waals surface area contributed by atoms with E-state index in [0.29, 0.717) is 10.7 Å². The maximum atomic E-state index is 5.35. The zero-order valence-electron chi connectivity index (χ0n) is 5.66. The Hall–Kier alpha value is -0.960. The average molecular weight is 152 g/mol. The molecule has 0 bridgehead atoms. The van der Waals surface area contributed by atoms with Gasteiger partial charge in [-0.3, -0.25) is 4.98 Å². The van der Waals surface area contributed by atoms with Gasteiger partial charge in [0.05, 0.1) is 5.69 Å². The Morgan fingerprint density at radius 3 is 2.80 bits per heavy atom. The third kappa shape index (κ3) is 1.51. The van der Waals surface area contributed by atoms with Crippen LogP contribution in [0.2, 0.25) is 0 Å². The number of aromatic nitrogens is 1. The first-order valence-electron chi connectivity index (χ1n) is 2.92. The highest BCUT2D eigenvalue weighted by Gasteiger charge is 1.94. The summed E-state index contributed by atoms with van der Waals surface area (Å²) in [6.45, 7) is 1.98. The summed E-state index contributed by atoms with van der Waals surface area (Å²) in [4.78, 5) is 4.32. The molecule has 1 aromatic heterocycles. The summed E-state index contributed by atoms with van der Waals surface area (Å²) >= 11 is 4.74. The number of nitrogens with zero attached hydrogens (tertiary/aromatic N) is 1. The van der Waals surface area contributed by atoms with Crippen LogP contribution < -0.4 is 5.73 Å². The summed E-state index contributed by atoms with van der Waals surface area (Å²) in [7, 11) is 0. The van der Waals surface area contributed by atoms with Crippen LogP contribution >= 0.6 is 12.2 Å². The Labute approximate surface area is 65.1 Å². The van der Waals surface area contributed by atoms with Crippen molar-refractivity contribution < 1.29 is 0 Å². The van der Waals surface area contributed by atoms with Crippen LogP contribution in [-0.2, 0) is 0 Å². The van der Waals surface area contributed by atoms with Crippen molar-refractivity contribution in [2.75, 3.05) is 0 Å². The largest absolute Gasteiger partial charge is 0.388 e. The van der Waals surface area contributed by atoms with Crippen LogP contribution in [0.4, 0.5) is 0 Å². The second-order valence-electron chi connectivity index (χ2n) is 2.08. The SMILES string of the molecule is Cc1ccnc(C(N)=S)c1. The summed E-state index contributed by atoms with van der Waals surface area (Å²) in [6, 6.07) is 3.77. The predicted molar refractivity (Wildman–Crippen MR) is 44.9 cm³/mol. The Morgan fingerprint density at radius 2 is 2.40 bits per heavy atom. The van der Waals surface area contributed by atoms with E-state index < -0.39 is 0 Å². The highest BCUT2D eigenvalue weighted by Crippen LogP contribution is 1.98. The van der Waals surface area contributed by atoms with Gasteiger partial charge in [-0.2, -0.15) is 0 Å². The number of nitrogens with two attached hydrogens (primary N) is 1. The molecule has 52 valence electrons. The van der Waals surface area contributed by atoms with Gasteiger partial charge in [0.1, 0.15) is 4.99 Å². The van der Waals surface area contributed by atoms with Crippen LogP contribution in [0.25, 0.3) is 0 Å². The van der Waals surface area contributed by atoms with E-state index in [9.17, 15) is 0 Å². The zero-order chi connectivity index (χ0) is 7.56. The fourth-order valence-corrected chi connectivity index (χ4v) is 0.783. The Morgan fingerprint density at radius 1 is 1.70 bits per heavy atom. The van der Waals surface area contributed by atoms with Gasteiger partial charge in [0, 0.05) is 6.20 Å². The quantitative estimate of drug-likeness (QED) is 0.611. The molecule has 10 heavy (non-hydrogen) atoms. The molecule has 0 radical (unpaired) electrons. The van der Waals surface area contributed by atoms with Crippen LogP contribution in [0.1, 0.15) is 11.3 Å². The molecule has 0 aromatic carbocycles. The molecule has 0 saturated carbocycles. The first kappa shape index (κ1) is 7.15.